The average Bonchev–Trinajstić information content (AvgIpc) is 3.55. The normalized spacial score (nSPS) is 16.5. The van der Waals surface area contributed by atoms with Gasteiger partial charge in [-0.2, -0.15) is 0 Å². The van der Waals surface area contributed by atoms with Crippen molar-refractivity contribution in [2.45, 2.75) is 31.6 Å². The van der Waals surface area contributed by atoms with Gasteiger partial charge >= 0.3 is 0 Å². The lowest BCUT2D eigenvalue weighted by molar-refractivity contribution is -0.132. The number of carbonyl (C=O) groups is 1. The van der Waals surface area contributed by atoms with Crippen molar-refractivity contribution in [3.05, 3.63) is 95.9 Å². The molecule has 2 aliphatic rings. The molecule has 2 aromatic carbocycles. The predicted octanol–water partition coefficient (Wildman–Crippen LogP) is 5.07. The van der Waals surface area contributed by atoms with Crippen molar-refractivity contribution in [2.75, 3.05) is 19.9 Å². The molecule has 6 rings (SSSR count). The standard InChI is InChI=1S/C29H29N3O3/c33-29(31-14-11-22(12-15-31)16-21-6-2-1-3-7-21)18-24(23-9-10-26-27(17-23)35-20-34-26)25-19-30-28-8-4-5-13-32(25)28/h1-10,13,17,19,22,24H,11-12,14-16,18,20H2. The van der Waals surface area contributed by atoms with Gasteiger partial charge in [0.05, 0.1) is 5.69 Å². The van der Waals surface area contributed by atoms with E-state index in [0.29, 0.717) is 12.3 Å². The monoisotopic (exact) mass is 467 g/mol. The highest BCUT2D eigenvalue weighted by Crippen LogP contribution is 2.38. The van der Waals surface area contributed by atoms with Crippen molar-refractivity contribution in [3.63, 3.8) is 0 Å². The number of hydrogen-bond acceptors (Lipinski definition) is 4. The summed E-state index contributed by atoms with van der Waals surface area (Å²) in [5, 5.41) is 0. The number of carbonyl (C=O) groups excluding carboxylic acids is 1. The number of ether oxygens (including phenoxy) is 2. The summed E-state index contributed by atoms with van der Waals surface area (Å²) in [7, 11) is 0. The van der Waals surface area contributed by atoms with Crippen LogP contribution in [0.4, 0.5) is 0 Å². The minimum absolute atomic E-state index is 0.128. The predicted molar refractivity (Wildman–Crippen MR) is 134 cm³/mol. The molecule has 4 heterocycles. The Morgan fingerprint density at radius 3 is 2.63 bits per heavy atom. The molecule has 4 aromatic rings. The molecular weight excluding hydrogens is 438 g/mol. The summed E-state index contributed by atoms with van der Waals surface area (Å²) >= 11 is 0. The van der Waals surface area contributed by atoms with Gasteiger partial charge in [0, 0.05) is 37.8 Å². The fourth-order valence-corrected chi connectivity index (χ4v) is 5.37. The Labute approximate surface area is 205 Å². The van der Waals surface area contributed by atoms with Crippen molar-refractivity contribution in [1.82, 2.24) is 14.3 Å². The Morgan fingerprint density at radius 2 is 1.77 bits per heavy atom. The lowest BCUT2D eigenvalue weighted by atomic mass is 9.88. The highest BCUT2D eigenvalue weighted by atomic mass is 16.7. The number of aromatic nitrogens is 2. The minimum Gasteiger partial charge on any atom is -0.454 e. The van der Waals surface area contributed by atoms with Crippen LogP contribution >= 0.6 is 0 Å². The lowest BCUT2D eigenvalue weighted by Gasteiger charge is -2.33. The van der Waals surface area contributed by atoms with Crippen molar-refractivity contribution >= 4 is 11.6 Å². The second-order valence-corrected chi connectivity index (χ2v) is 9.50. The van der Waals surface area contributed by atoms with Crippen LogP contribution in [0.2, 0.25) is 0 Å². The second kappa shape index (κ2) is 9.45. The zero-order valence-corrected chi connectivity index (χ0v) is 19.7. The Kier molecular flexibility index (Phi) is 5.86. The van der Waals surface area contributed by atoms with Crippen LogP contribution in [0.1, 0.15) is 42.0 Å². The summed E-state index contributed by atoms with van der Waals surface area (Å²) in [5.74, 6) is 2.17. The molecule has 178 valence electrons. The van der Waals surface area contributed by atoms with Gasteiger partial charge in [-0.1, -0.05) is 42.5 Å². The quantitative estimate of drug-likeness (QED) is 0.398. The molecule has 0 radical (unpaired) electrons. The van der Waals surface area contributed by atoms with Gasteiger partial charge in [0.15, 0.2) is 11.5 Å². The molecule has 0 saturated carbocycles. The van der Waals surface area contributed by atoms with Crippen molar-refractivity contribution in [3.8, 4) is 11.5 Å². The van der Waals surface area contributed by atoms with Crippen LogP contribution in [0.25, 0.3) is 5.65 Å². The fourth-order valence-electron chi connectivity index (χ4n) is 5.37. The summed E-state index contributed by atoms with van der Waals surface area (Å²) in [4.78, 5) is 20.2. The molecule has 1 saturated heterocycles. The summed E-state index contributed by atoms with van der Waals surface area (Å²) < 4.78 is 13.2. The van der Waals surface area contributed by atoms with Crippen LogP contribution in [0.3, 0.4) is 0 Å². The highest BCUT2D eigenvalue weighted by Gasteiger charge is 2.29. The SMILES string of the molecule is O=C(CC(c1ccc2c(c1)OCO2)c1cnc2ccccn12)N1CCC(Cc2ccccc2)CC1. The molecule has 0 spiro atoms. The molecule has 6 nitrogen and oxygen atoms in total. The number of piperidine rings is 1. The van der Waals surface area contributed by atoms with Crippen molar-refractivity contribution in [1.29, 1.82) is 0 Å². The first-order valence-electron chi connectivity index (χ1n) is 12.4. The molecule has 1 unspecified atom stereocenters. The molecule has 2 aliphatic heterocycles. The fraction of sp³-hybridized carbons (Fsp3) is 0.310. The molecule has 0 bridgehead atoms. The largest absolute Gasteiger partial charge is 0.454 e. The zero-order chi connectivity index (χ0) is 23.6. The van der Waals surface area contributed by atoms with Gasteiger partial charge in [-0.3, -0.25) is 4.79 Å². The van der Waals surface area contributed by atoms with E-state index in [2.05, 4.69) is 39.7 Å². The molecule has 0 N–H and O–H groups in total. The molecule has 1 fully saturated rings. The third-order valence-electron chi connectivity index (χ3n) is 7.31. The van der Waals surface area contributed by atoms with Crippen LogP contribution in [0.5, 0.6) is 11.5 Å². The van der Waals surface area contributed by atoms with Crippen molar-refractivity contribution in [2.24, 2.45) is 5.92 Å². The highest BCUT2D eigenvalue weighted by molar-refractivity contribution is 5.78. The first-order valence-corrected chi connectivity index (χ1v) is 12.4. The maximum atomic E-state index is 13.6. The van der Waals surface area contributed by atoms with Gasteiger partial charge in [-0.05, 0) is 60.6 Å². The van der Waals surface area contributed by atoms with E-state index in [-0.39, 0.29) is 18.6 Å². The topological polar surface area (TPSA) is 56.1 Å². The Morgan fingerprint density at radius 1 is 0.971 bits per heavy atom. The average molecular weight is 468 g/mol. The first kappa shape index (κ1) is 21.7. The zero-order valence-electron chi connectivity index (χ0n) is 19.7. The van der Waals surface area contributed by atoms with Gasteiger partial charge in [-0.15, -0.1) is 0 Å². The number of rotatable bonds is 6. The van der Waals surface area contributed by atoms with Gasteiger partial charge in [0.2, 0.25) is 12.7 Å². The number of hydrogen-bond donors (Lipinski definition) is 0. The molecule has 6 heteroatoms. The van der Waals surface area contributed by atoms with Crippen molar-refractivity contribution < 1.29 is 14.3 Å². The second-order valence-electron chi connectivity index (χ2n) is 9.50. The molecule has 0 aliphatic carbocycles. The summed E-state index contributed by atoms with van der Waals surface area (Å²) in [6.07, 6.45) is 7.48. The number of benzene rings is 2. The lowest BCUT2D eigenvalue weighted by Crippen LogP contribution is -2.39. The van der Waals surface area contributed by atoms with Crippen LogP contribution < -0.4 is 9.47 Å². The van der Waals surface area contributed by atoms with E-state index in [4.69, 9.17) is 9.47 Å². The number of amides is 1. The molecule has 35 heavy (non-hydrogen) atoms. The molecule has 1 atom stereocenters. The van der Waals surface area contributed by atoms with E-state index in [0.717, 1.165) is 60.8 Å². The van der Waals surface area contributed by atoms with E-state index in [1.54, 1.807) is 0 Å². The third kappa shape index (κ3) is 4.48. The van der Waals surface area contributed by atoms with Gasteiger partial charge < -0.3 is 18.8 Å². The molecular formula is C29H29N3O3. The van der Waals surface area contributed by atoms with Crippen LogP contribution in [0, 0.1) is 5.92 Å². The Hall–Kier alpha value is -3.80. The summed E-state index contributed by atoms with van der Waals surface area (Å²) in [6.45, 7) is 1.87. The maximum Gasteiger partial charge on any atom is 0.231 e. The van der Waals surface area contributed by atoms with Crippen LogP contribution in [-0.4, -0.2) is 40.1 Å². The van der Waals surface area contributed by atoms with Crippen LogP contribution in [0.15, 0.2) is 79.1 Å². The van der Waals surface area contributed by atoms with E-state index in [1.165, 1.54) is 5.56 Å². The van der Waals surface area contributed by atoms with Gasteiger partial charge in [0.1, 0.15) is 5.65 Å². The number of nitrogens with zero attached hydrogens (tertiary/aromatic N) is 3. The number of pyridine rings is 1. The Bertz CT molecular complexity index is 1330. The summed E-state index contributed by atoms with van der Waals surface area (Å²) in [5.41, 5.74) is 4.30. The number of imidazole rings is 1. The van der Waals surface area contributed by atoms with Gasteiger partial charge in [0.25, 0.3) is 0 Å². The van der Waals surface area contributed by atoms with E-state index in [1.807, 2.05) is 53.7 Å². The van der Waals surface area contributed by atoms with Crippen LogP contribution in [-0.2, 0) is 11.2 Å². The minimum atomic E-state index is -0.128. The molecule has 2 aromatic heterocycles. The van der Waals surface area contributed by atoms with Gasteiger partial charge in [-0.25, -0.2) is 4.98 Å². The van der Waals surface area contributed by atoms with E-state index < -0.39 is 0 Å². The van der Waals surface area contributed by atoms with E-state index in [9.17, 15) is 4.79 Å². The van der Waals surface area contributed by atoms with E-state index >= 15 is 0 Å². The number of likely N-dealkylation sites (tertiary alicyclic amines) is 1. The summed E-state index contributed by atoms with van der Waals surface area (Å²) in [6, 6.07) is 22.6. The first-order chi connectivity index (χ1) is 17.2. The molecule has 1 amide bonds. The maximum absolute atomic E-state index is 13.6. The third-order valence-corrected chi connectivity index (χ3v) is 7.31. The number of fused-ring (bicyclic) bond motifs is 2. The Balaban J connectivity index is 1.21. The smallest absolute Gasteiger partial charge is 0.231 e.